The summed E-state index contributed by atoms with van der Waals surface area (Å²) >= 11 is 0. The first-order valence-corrected chi connectivity index (χ1v) is 6.79. The van der Waals surface area contributed by atoms with Gasteiger partial charge in [-0.3, -0.25) is 4.79 Å². The Hall–Kier alpha value is -0.610. The monoisotopic (exact) mass is 240 g/mol. The van der Waals surface area contributed by atoms with E-state index in [4.69, 9.17) is 4.74 Å². The van der Waals surface area contributed by atoms with Crippen molar-refractivity contribution in [1.29, 1.82) is 0 Å². The maximum atomic E-state index is 12.7. The normalized spacial score (nSPS) is 34.7. The van der Waals surface area contributed by atoms with Gasteiger partial charge in [-0.1, -0.05) is 6.92 Å². The van der Waals surface area contributed by atoms with Crippen molar-refractivity contribution in [2.45, 2.75) is 39.2 Å². The summed E-state index contributed by atoms with van der Waals surface area (Å²) in [7, 11) is 0. The number of rotatable bonds is 2. The van der Waals surface area contributed by atoms with Crippen LogP contribution in [-0.4, -0.2) is 49.7 Å². The Kier molecular flexibility index (Phi) is 4.05. The van der Waals surface area contributed by atoms with E-state index < -0.39 is 0 Å². The number of ether oxygens (including phenoxy) is 1. The number of amides is 1. The summed E-state index contributed by atoms with van der Waals surface area (Å²) in [4.78, 5) is 14.8. The topological polar surface area (TPSA) is 41.6 Å². The van der Waals surface area contributed by atoms with Crippen LogP contribution in [0.15, 0.2) is 0 Å². The number of piperidine rings is 1. The van der Waals surface area contributed by atoms with Crippen LogP contribution in [0.2, 0.25) is 0 Å². The average Bonchev–Trinajstić information content (AvgIpc) is 2.39. The second kappa shape index (κ2) is 5.36. The third-order valence-electron chi connectivity index (χ3n) is 4.23. The second-order valence-electron chi connectivity index (χ2n) is 5.34. The van der Waals surface area contributed by atoms with Crippen molar-refractivity contribution in [3.63, 3.8) is 0 Å². The molecule has 0 spiro atoms. The van der Waals surface area contributed by atoms with Crippen LogP contribution < -0.4 is 5.32 Å². The molecule has 0 saturated carbocycles. The minimum atomic E-state index is -0.163. The van der Waals surface area contributed by atoms with Gasteiger partial charge in [0, 0.05) is 13.1 Å². The lowest BCUT2D eigenvalue weighted by molar-refractivity contribution is -0.151. The third kappa shape index (κ3) is 2.47. The van der Waals surface area contributed by atoms with Gasteiger partial charge in [-0.05, 0) is 32.7 Å². The zero-order valence-electron chi connectivity index (χ0n) is 11.0. The number of morpholine rings is 1. The standard InChI is InChI=1S/C13H24N2O2/c1-3-13(5-4-6-14-10-13)12(16)15-7-8-17-9-11(15)2/h11,14H,3-10H2,1-2H3. The highest BCUT2D eigenvalue weighted by molar-refractivity contribution is 5.83. The molecule has 2 aliphatic heterocycles. The lowest BCUT2D eigenvalue weighted by Gasteiger charge is -2.43. The molecule has 2 atom stereocenters. The second-order valence-corrected chi connectivity index (χ2v) is 5.34. The highest BCUT2D eigenvalue weighted by Gasteiger charge is 2.42. The lowest BCUT2D eigenvalue weighted by atomic mass is 9.76. The Balaban J connectivity index is 2.10. The van der Waals surface area contributed by atoms with E-state index >= 15 is 0 Å². The Labute approximate surface area is 104 Å². The fourth-order valence-electron chi connectivity index (χ4n) is 2.94. The first-order chi connectivity index (χ1) is 8.19. The molecule has 2 fully saturated rings. The van der Waals surface area contributed by atoms with Crippen molar-refractivity contribution in [3.8, 4) is 0 Å². The molecule has 4 heteroatoms. The summed E-state index contributed by atoms with van der Waals surface area (Å²) in [5.41, 5.74) is -0.163. The Bertz CT molecular complexity index is 275. The van der Waals surface area contributed by atoms with Crippen molar-refractivity contribution in [3.05, 3.63) is 0 Å². The molecule has 2 aliphatic rings. The van der Waals surface area contributed by atoms with Crippen LogP contribution in [0.25, 0.3) is 0 Å². The average molecular weight is 240 g/mol. The van der Waals surface area contributed by atoms with E-state index in [2.05, 4.69) is 19.2 Å². The zero-order chi connectivity index (χ0) is 12.3. The Morgan fingerprint density at radius 2 is 2.41 bits per heavy atom. The van der Waals surface area contributed by atoms with Crippen molar-refractivity contribution >= 4 is 5.91 Å². The minimum absolute atomic E-state index is 0.163. The SMILES string of the molecule is CCC1(C(=O)N2CCOCC2C)CCCNC1. The van der Waals surface area contributed by atoms with Crippen LogP contribution in [0.1, 0.15) is 33.1 Å². The van der Waals surface area contributed by atoms with E-state index in [0.717, 1.165) is 38.9 Å². The number of hydrogen-bond donors (Lipinski definition) is 1. The van der Waals surface area contributed by atoms with E-state index in [-0.39, 0.29) is 11.5 Å². The fraction of sp³-hybridized carbons (Fsp3) is 0.923. The van der Waals surface area contributed by atoms with Gasteiger partial charge in [0.05, 0.1) is 24.7 Å². The quantitative estimate of drug-likeness (QED) is 0.783. The van der Waals surface area contributed by atoms with Crippen LogP contribution in [0.5, 0.6) is 0 Å². The number of nitrogens with one attached hydrogen (secondary N) is 1. The summed E-state index contributed by atoms with van der Waals surface area (Å²) in [6.07, 6.45) is 3.07. The molecule has 0 bridgehead atoms. The zero-order valence-corrected chi connectivity index (χ0v) is 11.0. The largest absolute Gasteiger partial charge is 0.377 e. The van der Waals surface area contributed by atoms with Gasteiger partial charge in [0.25, 0.3) is 0 Å². The molecule has 1 N–H and O–H groups in total. The number of carbonyl (C=O) groups excluding carboxylic acids is 1. The Morgan fingerprint density at radius 1 is 1.59 bits per heavy atom. The molecule has 17 heavy (non-hydrogen) atoms. The van der Waals surface area contributed by atoms with E-state index in [1.165, 1.54) is 0 Å². The van der Waals surface area contributed by atoms with Gasteiger partial charge in [0.1, 0.15) is 0 Å². The molecular formula is C13H24N2O2. The smallest absolute Gasteiger partial charge is 0.230 e. The minimum Gasteiger partial charge on any atom is -0.377 e. The lowest BCUT2D eigenvalue weighted by Crippen LogP contribution is -2.56. The van der Waals surface area contributed by atoms with Crippen LogP contribution in [0, 0.1) is 5.41 Å². The molecular weight excluding hydrogens is 216 g/mol. The predicted molar refractivity (Wildman–Crippen MR) is 66.8 cm³/mol. The molecule has 2 rings (SSSR count). The van der Waals surface area contributed by atoms with Crippen molar-refractivity contribution in [2.75, 3.05) is 32.8 Å². The summed E-state index contributed by atoms with van der Waals surface area (Å²) in [5, 5.41) is 3.38. The van der Waals surface area contributed by atoms with E-state index in [1.807, 2.05) is 4.90 Å². The van der Waals surface area contributed by atoms with E-state index in [1.54, 1.807) is 0 Å². The highest BCUT2D eigenvalue weighted by atomic mass is 16.5. The summed E-state index contributed by atoms with van der Waals surface area (Å²) in [5.74, 6) is 0.336. The molecule has 0 aromatic heterocycles. The predicted octanol–water partition coefficient (Wildman–Crippen LogP) is 1.01. The summed E-state index contributed by atoms with van der Waals surface area (Å²) < 4.78 is 5.41. The Morgan fingerprint density at radius 3 is 3.00 bits per heavy atom. The molecule has 0 aromatic carbocycles. The first kappa shape index (κ1) is 12.8. The fourth-order valence-corrected chi connectivity index (χ4v) is 2.94. The first-order valence-electron chi connectivity index (χ1n) is 6.79. The van der Waals surface area contributed by atoms with Crippen molar-refractivity contribution in [2.24, 2.45) is 5.41 Å². The number of carbonyl (C=O) groups is 1. The van der Waals surface area contributed by atoms with E-state index in [0.29, 0.717) is 19.1 Å². The van der Waals surface area contributed by atoms with Crippen LogP contribution in [-0.2, 0) is 9.53 Å². The number of nitrogens with zero attached hydrogens (tertiary/aromatic N) is 1. The molecule has 98 valence electrons. The molecule has 0 radical (unpaired) electrons. The molecule has 0 aromatic rings. The van der Waals surface area contributed by atoms with E-state index in [9.17, 15) is 4.79 Å². The van der Waals surface area contributed by atoms with Crippen LogP contribution in [0.4, 0.5) is 0 Å². The van der Waals surface area contributed by atoms with Gasteiger partial charge in [-0.2, -0.15) is 0 Å². The van der Waals surface area contributed by atoms with Gasteiger partial charge in [0.15, 0.2) is 0 Å². The number of hydrogen-bond acceptors (Lipinski definition) is 3. The maximum Gasteiger partial charge on any atom is 0.230 e. The summed E-state index contributed by atoms with van der Waals surface area (Å²) in [6, 6.07) is 0.224. The molecule has 2 unspecified atom stereocenters. The van der Waals surface area contributed by atoms with Crippen LogP contribution >= 0.6 is 0 Å². The van der Waals surface area contributed by atoms with Gasteiger partial charge >= 0.3 is 0 Å². The molecule has 4 nitrogen and oxygen atoms in total. The molecule has 0 aliphatic carbocycles. The maximum absolute atomic E-state index is 12.7. The van der Waals surface area contributed by atoms with Gasteiger partial charge in [-0.15, -0.1) is 0 Å². The molecule has 1 amide bonds. The molecule has 2 saturated heterocycles. The third-order valence-corrected chi connectivity index (χ3v) is 4.23. The van der Waals surface area contributed by atoms with Gasteiger partial charge in [-0.25, -0.2) is 0 Å². The van der Waals surface area contributed by atoms with Crippen molar-refractivity contribution in [1.82, 2.24) is 10.2 Å². The highest BCUT2D eigenvalue weighted by Crippen LogP contribution is 2.33. The molecule has 2 heterocycles. The summed E-state index contributed by atoms with van der Waals surface area (Å²) in [6.45, 7) is 8.22. The van der Waals surface area contributed by atoms with Crippen molar-refractivity contribution < 1.29 is 9.53 Å². The van der Waals surface area contributed by atoms with Gasteiger partial charge < -0.3 is 15.0 Å². The van der Waals surface area contributed by atoms with Crippen LogP contribution in [0.3, 0.4) is 0 Å². The van der Waals surface area contributed by atoms with Gasteiger partial charge in [0.2, 0.25) is 5.91 Å².